The van der Waals surface area contributed by atoms with Crippen LogP contribution in [0.15, 0.2) is 174 Å². The van der Waals surface area contributed by atoms with Gasteiger partial charge in [-0.15, -0.1) is 0 Å². The van der Waals surface area contributed by atoms with Crippen molar-refractivity contribution in [3.05, 3.63) is 170 Å². The van der Waals surface area contributed by atoms with E-state index in [4.69, 9.17) is 4.42 Å². The highest BCUT2D eigenvalue weighted by Gasteiger charge is 2.25. The quantitative estimate of drug-likeness (QED) is 0.124. The fourth-order valence-corrected chi connectivity index (χ4v) is 10.4. The number of nitrogens with zero attached hydrogens (tertiary/aromatic N) is 2. The maximum absolute atomic E-state index is 7.34. The van der Waals surface area contributed by atoms with Crippen LogP contribution in [0, 0.1) is 0 Å². The van der Waals surface area contributed by atoms with Crippen molar-refractivity contribution in [2.75, 3.05) is 0 Å². The minimum absolute atomic E-state index is 0.934. The second kappa shape index (κ2) is 9.79. The highest BCUT2D eigenvalue weighted by Crippen LogP contribution is 2.49. The van der Waals surface area contributed by atoms with E-state index in [-0.39, 0.29) is 0 Å². The number of hydrogen-bond donors (Lipinski definition) is 0. The molecule has 10 aromatic carbocycles. The van der Waals surface area contributed by atoms with Gasteiger partial charge in [-0.05, 0) is 80.2 Å². The highest BCUT2D eigenvalue weighted by molar-refractivity contribution is 6.37. The van der Waals surface area contributed by atoms with Gasteiger partial charge < -0.3 is 13.4 Å². The first-order valence-corrected chi connectivity index (χ1v) is 19.0. The minimum atomic E-state index is 0.934. The van der Waals surface area contributed by atoms with Crippen LogP contribution in [0.4, 0.5) is 0 Å². The molecule has 0 aliphatic heterocycles. The average molecular weight is 697 g/mol. The fourth-order valence-electron chi connectivity index (χ4n) is 10.4. The van der Waals surface area contributed by atoms with Crippen molar-refractivity contribution in [1.82, 2.24) is 8.97 Å². The molecule has 0 saturated heterocycles. The SMILES string of the molecule is c1ccc2c(c1)cc(-n1c3ccccc3c3c4oc5c(cc6c7cccc8c9ccccc9cc(c87)n7c8ccccc8c5c67)c4ccc31)c1ccccc12. The maximum atomic E-state index is 7.34. The summed E-state index contributed by atoms with van der Waals surface area (Å²) in [5.41, 5.74) is 9.00. The summed E-state index contributed by atoms with van der Waals surface area (Å²) in [6, 6.07) is 62.6. The molecule has 14 aromatic rings. The molecule has 252 valence electrons. The Bertz CT molecular complexity index is 4010. The van der Waals surface area contributed by atoms with Crippen molar-refractivity contribution in [1.29, 1.82) is 0 Å². The van der Waals surface area contributed by atoms with Gasteiger partial charge in [0.05, 0.1) is 44.0 Å². The molecule has 0 N–H and O–H groups in total. The number of pyridine rings is 1. The molecule has 0 bridgehead atoms. The summed E-state index contributed by atoms with van der Waals surface area (Å²) in [4.78, 5) is 0. The zero-order valence-electron chi connectivity index (χ0n) is 29.5. The fraction of sp³-hybridized carbons (Fsp3) is 0. The summed E-state index contributed by atoms with van der Waals surface area (Å²) in [6.45, 7) is 0. The van der Waals surface area contributed by atoms with Crippen LogP contribution in [-0.2, 0) is 0 Å². The standard InChI is InChI=1S/C52H28N2O/c1-3-14-31-29(12-1)26-45(34-17-6-5-16-33(31)34)53-42-22-9-7-18-38(42)48-44(53)25-24-37-41-28-40-36-21-11-20-35-32-15-4-2-13-30(32)27-46(47(35)36)54-43-23-10-8-19-39(43)49(50(40)54)52(41)55-51(37)48/h1-28H. The van der Waals surface area contributed by atoms with Gasteiger partial charge >= 0.3 is 0 Å². The average Bonchev–Trinajstić information content (AvgIpc) is 3.90. The molecule has 55 heavy (non-hydrogen) atoms. The topological polar surface area (TPSA) is 22.5 Å². The van der Waals surface area contributed by atoms with E-state index in [2.05, 4.69) is 179 Å². The lowest BCUT2D eigenvalue weighted by molar-refractivity contribution is 0.677. The van der Waals surface area contributed by atoms with Gasteiger partial charge in [-0.3, -0.25) is 0 Å². The van der Waals surface area contributed by atoms with Crippen LogP contribution in [0.5, 0.6) is 0 Å². The molecular weight excluding hydrogens is 669 g/mol. The zero-order chi connectivity index (χ0) is 35.5. The van der Waals surface area contributed by atoms with E-state index in [1.807, 2.05) is 0 Å². The predicted molar refractivity (Wildman–Crippen MR) is 233 cm³/mol. The number of fused-ring (bicyclic) bond motifs is 18. The lowest BCUT2D eigenvalue weighted by Gasteiger charge is -2.15. The number of hydrogen-bond acceptors (Lipinski definition) is 1. The van der Waals surface area contributed by atoms with Crippen LogP contribution >= 0.6 is 0 Å². The van der Waals surface area contributed by atoms with Gasteiger partial charge in [-0.1, -0.05) is 127 Å². The summed E-state index contributed by atoms with van der Waals surface area (Å²) < 4.78 is 12.3. The van der Waals surface area contributed by atoms with Crippen LogP contribution in [0.25, 0.3) is 131 Å². The highest BCUT2D eigenvalue weighted by atomic mass is 16.3. The Hall–Kier alpha value is -7.36. The third-order valence-electron chi connectivity index (χ3n) is 12.6. The second-order valence-electron chi connectivity index (χ2n) is 15.2. The third-order valence-corrected chi connectivity index (χ3v) is 12.6. The van der Waals surface area contributed by atoms with Gasteiger partial charge in [0.1, 0.15) is 11.2 Å². The van der Waals surface area contributed by atoms with Crippen molar-refractivity contribution < 1.29 is 4.42 Å². The van der Waals surface area contributed by atoms with E-state index in [0.717, 1.165) is 32.8 Å². The normalized spacial score (nSPS) is 12.7. The van der Waals surface area contributed by atoms with E-state index in [0.29, 0.717) is 0 Å². The third kappa shape index (κ3) is 3.35. The Morgan fingerprint density at radius 1 is 0.309 bits per heavy atom. The van der Waals surface area contributed by atoms with E-state index in [9.17, 15) is 0 Å². The zero-order valence-corrected chi connectivity index (χ0v) is 29.5. The molecule has 3 nitrogen and oxygen atoms in total. The minimum Gasteiger partial charge on any atom is -0.455 e. The van der Waals surface area contributed by atoms with Gasteiger partial charge in [0.15, 0.2) is 0 Å². The molecule has 4 heterocycles. The van der Waals surface area contributed by atoms with Gasteiger partial charge in [-0.2, -0.15) is 0 Å². The molecule has 0 amide bonds. The van der Waals surface area contributed by atoms with E-state index in [1.165, 1.54) is 97.8 Å². The summed E-state index contributed by atoms with van der Waals surface area (Å²) in [5, 5.41) is 19.6. The monoisotopic (exact) mass is 696 g/mol. The molecule has 0 spiro atoms. The van der Waals surface area contributed by atoms with E-state index >= 15 is 0 Å². The van der Waals surface area contributed by atoms with E-state index < -0.39 is 0 Å². The Balaban J connectivity index is 1.19. The Morgan fingerprint density at radius 2 is 0.891 bits per heavy atom. The molecular formula is C52H28N2O. The van der Waals surface area contributed by atoms with Crippen molar-refractivity contribution in [3.63, 3.8) is 0 Å². The number of benzene rings is 10. The van der Waals surface area contributed by atoms with Gasteiger partial charge in [0, 0.05) is 37.7 Å². The first-order chi connectivity index (χ1) is 27.3. The Morgan fingerprint density at radius 3 is 1.69 bits per heavy atom. The predicted octanol–water partition coefficient (Wildman–Crippen LogP) is 14.4. The van der Waals surface area contributed by atoms with Gasteiger partial charge in [-0.25, -0.2) is 0 Å². The Kier molecular flexibility index (Phi) is 5.01. The van der Waals surface area contributed by atoms with Crippen molar-refractivity contribution >= 4 is 125 Å². The molecule has 0 aliphatic rings. The van der Waals surface area contributed by atoms with Crippen molar-refractivity contribution in [3.8, 4) is 5.69 Å². The van der Waals surface area contributed by atoms with Crippen molar-refractivity contribution in [2.24, 2.45) is 0 Å². The van der Waals surface area contributed by atoms with E-state index in [1.54, 1.807) is 0 Å². The molecule has 0 atom stereocenters. The molecule has 14 rings (SSSR count). The first-order valence-electron chi connectivity index (χ1n) is 19.0. The Labute approximate surface area is 312 Å². The van der Waals surface area contributed by atoms with Crippen molar-refractivity contribution in [2.45, 2.75) is 0 Å². The number of para-hydroxylation sites is 2. The number of furan rings is 1. The summed E-state index contributed by atoms with van der Waals surface area (Å²) in [6.07, 6.45) is 0. The van der Waals surface area contributed by atoms with Gasteiger partial charge in [0.25, 0.3) is 0 Å². The van der Waals surface area contributed by atoms with Crippen LogP contribution in [0.3, 0.4) is 0 Å². The molecule has 0 aliphatic carbocycles. The largest absolute Gasteiger partial charge is 0.455 e. The molecule has 4 aromatic heterocycles. The van der Waals surface area contributed by atoms with Crippen LogP contribution < -0.4 is 0 Å². The van der Waals surface area contributed by atoms with Crippen LogP contribution in [0.2, 0.25) is 0 Å². The summed E-state index contributed by atoms with van der Waals surface area (Å²) >= 11 is 0. The van der Waals surface area contributed by atoms with Gasteiger partial charge in [0.2, 0.25) is 0 Å². The summed E-state index contributed by atoms with van der Waals surface area (Å²) in [5.74, 6) is 0. The van der Waals surface area contributed by atoms with Crippen LogP contribution in [-0.4, -0.2) is 8.97 Å². The number of aromatic nitrogens is 2. The first kappa shape index (κ1) is 28.2. The summed E-state index contributed by atoms with van der Waals surface area (Å²) in [7, 11) is 0. The smallest absolute Gasteiger partial charge is 0.145 e. The molecule has 3 heteroatoms. The van der Waals surface area contributed by atoms with Crippen LogP contribution in [0.1, 0.15) is 0 Å². The molecule has 0 unspecified atom stereocenters. The lowest BCUT2D eigenvalue weighted by Crippen LogP contribution is -1.96. The lowest BCUT2D eigenvalue weighted by atomic mass is 9.94. The molecule has 0 fully saturated rings. The second-order valence-corrected chi connectivity index (χ2v) is 15.2. The maximum Gasteiger partial charge on any atom is 0.145 e. The number of rotatable bonds is 1. The molecule has 0 saturated carbocycles. The molecule has 0 radical (unpaired) electrons.